The molecule has 1 aliphatic heterocycles. The summed E-state index contributed by atoms with van der Waals surface area (Å²) < 4.78 is 11.2. The van der Waals surface area contributed by atoms with Gasteiger partial charge in [-0.1, -0.05) is 0 Å². The van der Waals surface area contributed by atoms with Crippen LogP contribution in [0.1, 0.15) is 10.5 Å². The first-order chi connectivity index (χ1) is 15.2. The molecule has 10 nitrogen and oxygen atoms in total. The van der Waals surface area contributed by atoms with Crippen molar-refractivity contribution >= 4 is 34.5 Å². The first-order valence-electron chi connectivity index (χ1n) is 9.75. The van der Waals surface area contributed by atoms with E-state index in [-0.39, 0.29) is 11.6 Å². The normalized spacial score (nSPS) is 14.0. The number of nitrogen functional groups attached to an aromatic ring is 1. The van der Waals surface area contributed by atoms with Gasteiger partial charge in [0, 0.05) is 37.1 Å². The molecule has 1 aliphatic rings. The molecule has 3 N–H and O–H groups in total. The Morgan fingerprint density at radius 2 is 2.00 bits per heavy atom. The number of anilines is 3. The van der Waals surface area contributed by atoms with Crippen LogP contribution in [0.25, 0.3) is 22.5 Å². The second kappa shape index (κ2) is 8.00. The number of carbonyl (C=O) groups excluding carboxylic acids is 1. The molecule has 0 saturated carbocycles. The third-order valence-corrected chi connectivity index (χ3v) is 4.87. The Bertz CT molecular complexity index is 1240. The predicted octanol–water partition coefficient (Wildman–Crippen LogP) is 2.35. The molecule has 1 amide bonds. The lowest BCUT2D eigenvalue weighted by Crippen LogP contribution is -2.36. The molecule has 10 heteroatoms. The first-order valence-corrected chi connectivity index (χ1v) is 9.75. The zero-order chi connectivity index (χ0) is 21.2. The summed E-state index contributed by atoms with van der Waals surface area (Å²) in [5.41, 5.74) is 9.39. The van der Waals surface area contributed by atoms with Gasteiger partial charge in [0.15, 0.2) is 5.58 Å². The topological polar surface area (TPSA) is 132 Å². The zero-order valence-electron chi connectivity index (χ0n) is 16.5. The lowest BCUT2D eigenvalue weighted by atomic mass is 10.1. The first kappa shape index (κ1) is 18.9. The van der Waals surface area contributed by atoms with E-state index in [2.05, 4.69) is 25.3 Å². The fourth-order valence-corrected chi connectivity index (χ4v) is 3.29. The quantitative estimate of drug-likeness (QED) is 0.513. The van der Waals surface area contributed by atoms with E-state index in [1.165, 1.54) is 6.20 Å². The minimum Gasteiger partial charge on any atom is -0.422 e. The van der Waals surface area contributed by atoms with Crippen molar-refractivity contribution < 1.29 is 13.9 Å². The van der Waals surface area contributed by atoms with Gasteiger partial charge in [0.05, 0.1) is 36.5 Å². The minimum atomic E-state index is -0.390. The third-order valence-electron chi connectivity index (χ3n) is 4.87. The monoisotopic (exact) mass is 417 g/mol. The van der Waals surface area contributed by atoms with E-state index >= 15 is 0 Å². The Kier molecular flexibility index (Phi) is 4.89. The average molecular weight is 417 g/mol. The highest BCUT2D eigenvalue weighted by molar-refractivity contribution is 6.04. The van der Waals surface area contributed by atoms with Gasteiger partial charge in [0.25, 0.3) is 11.9 Å². The summed E-state index contributed by atoms with van der Waals surface area (Å²) in [6.45, 7) is 2.67. The SMILES string of the molecule is Nc1ccc(C(=O)Nc2cnc3nc(N4CCOCC4)oc3c2)nc1-c1cccnc1. The molecule has 0 aromatic carbocycles. The summed E-state index contributed by atoms with van der Waals surface area (Å²) in [6.07, 6.45) is 4.84. The molecule has 5 rings (SSSR count). The number of hydrogen-bond donors (Lipinski definition) is 2. The van der Waals surface area contributed by atoms with Gasteiger partial charge in [-0.2, -0.15) is 4.98 Å². The maximum Gasteiger partial charge on any atom is 0.300 e. The van der Waals surface area contributed by atoms with Crippen molar-refractivity contribution in [1.82, 2.24) is 19.9 Å². The van der Waals surface area contributed by atoms with Crippen LogP contribution in [-0.2, 0) is 4.74 Å². The number of nitrogens with two attached hydrogens (primary N) is 1. The van der Waals surface area contributed by atoms with E-state index in [4.69, 9.17) is 14.9 Å². The molecule has 1 saturated heterocycles. The molecule has 4 aromatic heterocycles. The third kappa shape index (κ3) is 3.88. The molecule has 0 bridgehead atoms. The number of pyridine rings is 3. The molecule has 0 unspecified atom stereocenters. The van der Waals surface area contributed by atoms with Crippen molar-refractivity contribution in [3.8, 4) is 11.3 Å². The van der Waals surface area contributed by atoms with Gasteiger partial charge in [0.1, 0.15) is 5.69 Å². The summed E-state index contributed by atoms with van der Waals surface area (Å²) in [5.74, 6) is -0.390. The summed E-state index contributed by atoms with van der Waals surface area (Å²) in [5, 5.41) is 2.80. The molecule has 0 atom stereocenters. The van der Waals surface area contributed by atoms with Crippen molar-refractivity contribution in [1.29, 1.82) is 0 Å². The molecule has 31 heavy (non-hydrogen) atoms. The molecule has 0 radical (unpaired) electrons. The lowest BCUT2D eigenvalue weighted by molar-refractivity contribution is 0.102. The van der Waals surface area contributed by atoms with Gasteiger partial charge in [0.2, 0.25) is 5.65 Å². The number of hydrogen-bond acceptors (Lipinski definition) is 9. The summed E-state index contributed by atoms with van der Waals surface area (Å²) >= 11 is 0. The van der Waals surface area contributed by atoms with E-state index in [9.17, 15) is 4.79 Å². The van der Waals surface area contributed by atoms with E-state index in [0.29, 0.717) is 60.6 Å². The highest BCUT2D eigenvalue weighted by atomic mass is 16.5. The zero-order valence-corrected chi connectivity index (χ0v) is 16.5. The van der Waals surface area contributed by atoms with Crippen molar-refractivity contribution in [3.05, 3.63) is 54.6 Å². The number of nitrogens with one attached hydrogen (secondary N) is 1. The second-order valence-electron chi connectivity index (χ2n) is 6.97. The number of amides is 1. The van der Waals surface area contributed by atoms with E-state index in [1.54, 1.807) is 36.7 Å². The number of oxazole rings is 1. The molecular formula is C21H19N7O3. The van der Waals surface area contributed by atoms with Crippen LogP contribution in [0.5, 0.6) is 0 Å². The Labute approximate surface area is 177 Å². The van der Waals surface area contributed by atoms with E-state index in [1.807, 2.05) is 11.0 Å². The second-order valence-corrected chi connectivity index (χ2v) is 6.97. The van der Waals surface area contributed by atoms with Crippen molar-refractivity contribution in [2.45, 2.75) is 0 Å². The summed E-state index contributed by atoms with van der Waals surface area (Å²) in [4.78, 5) is 32.0. The van der Waals surface area contributed by atoms with Crippen LogP contribution in [0.4, 0.5) is 17.4 Å². The Hall–Kier alpha value is -4.05. The Balaban J connectivity index is 1.37. The molecule has 1 fully saturated rings. The maximum absolute atomic E-state index is 12.8. The van der Waals surface area contributed by atoms with Gasteiger partial charge in [-0.15, -0.1) is 0 Å². The lowest BCUT2D eigenvalue weighted by Gasteiger charge is -2.24. The van der Waals surface area contributed by atoms with Crippen molar-refractivity contribution in [2.24, 2.45) is 0 Å². The van der Waals surface area contributed by atoms with Crippen LogP contribution < -0.4 is 16.0 Å². The minimum absolute atomic E-state index is 0.222. The van der Waals surface area contributed by atoms with Gasteiger partial charge in [-0.3, -0.25) is 9.78 Å². The molecule has 156 valence electrons. The van der Waals surface area contributed by atoms with Gasteiger partial charge in [-0.05, 0) is 24.3 Å². The van der Waals surface area contributed by atoms with Crippen LogP contribution in [0, 0.1) is 0 Å². The molecule has 5 heterocycles. The van der Waals surface area contributed by atoms with Crippen LogP contribution >= 0.6 is 0 Å². The van der Waals surface area contributed by atoms with E-state index in [0.717, 1.165) is 5.56 Å². The smallest absolute Gasteiger partial charge is 0.300 e. The summed E-state index contributed by atoms with van der Waals surface area (Å²) in [6, 6.07) is 9.03. The number of rotatable bonds is 4. The molecule has 4 aromatic rings. The highest BCUT2D eigenvalue weighted by Crippen LogP contribution is 2.25. The molecule has 0 aliphatic carbocycles. The molecular weight excluding hydrogens is 398 g/mol. The van der Waals surface area contributed by atoms with E-state index < -0.39 is 0 Å². The Morgan fingerprint density at radius 3 is 2.81 bits per heavy atom. The average Bonchev–Trinajstić information content (AvgIpc) is 3.24. The number of ether oxygens (including phenoxy) is 1. The fourth-order valence-electron chi connectivity index (χ4n) is 3.29. The number of fused-ring (bicyclic) bond motifs is 1. The van der Waals surface area contributed by atoms with Crippen molar-refractivity contribution in [3.63, 3.8) is 0 Å². The van der Waals surface area contributed by atoms with Crippen LogP contribution in [0.15, 0.2) is 53.3 Å². The summed E-state index contributed by atoms with van der Waals surface area (Å²) in [7, 11) is 0. The van der Waals surface area contributed by atoms with Crippen LogP contribution in [0.2, 0.25) is 0 Å². The standard InChI is InChI=1S/C21H19N7O3/c22-15-3-4-16(26-18(15)13-2-1-5-23-11-13)20(29)25-14-10-17-19(24-12-14)27-21(31-17)28-6-8-30-9-7-28/h1-5,10-12H,6-9,22H2,(H,25,29). The number of nitrogens with zero attached hydrogens (tertiary/aromatic N) is 5. The highest BCUT2D eigenvalue weighted by Gasteiger charge is 2.18. The Morgan fingerprint density at radius 1 is 1.13 bits per heavy atom. The van der Waals surface area contributed by atoms with Gasteiger partial charge < -0.3 is 25.1 Å². The number of aromatic nitrogens is 4. The van der Waals surface area contributed by atoms with Crippen molar-refractivity contribution in [2.75, 3.05) is 42.3 Å². The van der Waals surface area contributed by atoms with Crippen LogP contribution in [0.3, 0.4) is 0 Å². The van der Waals surface area contributed by atoms with Gasteiger partial charge in [-0.25, -0.2) is 9.97 Å². The predicted molar refractivity (Wildman–Crippen MR) is 115 cm³/mol. The van der Waals surface area contributed by atoms with Crippen LogP contribution in [-0.4, -0.2) is 52.1 Å². The number of morpholine rings is 1. The largest absolute Gasteiger partial charge is 0.422 e. The maximum atomic E-state index is 12.8. The fraction of sp³-hybridized carbons (Fsp3) is 0.190. The number of carbonyl (C=O) groups is 1. The molecule has 0 spiro atoms. The van der Waals surface area contributed by atoms with Gasteiger partial charge >= 0.3 is 0 Å².